The number of hydrogen-bond donors (Lipinski definition) is 1. The zero-order valence-corrected chi connectivity index (χ0v) is 13.0. The molecule has 2 saturated heterocycles. The van der Waals surface area contributed by atoms with Crippen LogP contribution in [0.2, 0.25) is 0 Å². The van der Waals surface area contributed by atoms with Crippen molar-refractivity contribution in [3.63, 3.8) is 0 Å². The van der Waals surface area contributed by atoms with Gasteiger partial charge in [0.1, 0.15) is 0 Å². The number of hydrogen-bond acceptors (Lipinski definition) is 5. The van der Waals surface area contributed by atoms with Gasteiger partial charge in [-0.2, -0.15) is 0 Å². The number of likely N-dealkylation sites (tertiary alicyclic amines) is 1. The van der Waals surface area contributed by atoms with Crippen LogP contribution in [0.25, 0.3) is 0 Å². The minimum absolute atomic E-state index is 0.260. The maximum atomic E-state index is 6.08. The summed E-state index contributed by atoms with van der Waals surface area (Å²) in [6, 6.07) is 5.71. The summed E-state index contributed by atoms with van der Waals surface area (Å²) in [5.41, 5.74) is 7.27. The predicted molar refractivity (Wildman–Crippen MR) is 83.3 cm³/mol. The minimum atomic E-state index is 0.260. The van der Waals surface area contributed by atoms with Crippen LogP contribution >= 0.6 is 0 Å². The van der Waals surface area contributed by atoms with Gasteiger partial charge in [0.05, 0.1) is 7.11 Å². The Hall–Kier alpha value is -1.17. The number of likely N-dealkylation sites (N-methyl/N-ethyl adjacent to an activating group) is 1. The number of ether oxygens (including phenoxy) is 1. The van der Waals surface area contributed by atoms with Crippen LogP contribution in [0, 0.1) is 0 Å². The Balaban J connectivity index is 1.76. The van der Waals surface area contributed by atoms with Crippen LogP contribution in [-0.4, -0.2) is 60.7 Å². The Morgan fingerprint density at radius 2 is 2.14 bits per heavy atom. The molecule has 0 amide bonds. The molecule has 3 heterocycles. The molecule has 2 aliphatic rings. The van der Waals surface area contributed by atoms with E-state index in [9.17, 15) is 0 Å². The summed E-state index contributed by atoms with van der Waals surface area (Å²) in [5.74, 6) is 0.657. The van der Waals surface area contributed by atoms with E-state index >= 15 is 0 Å². The third kappa shape index (κ3) is 2.91. The molecule has 0 saturated carbocycles. The standard InChI is InChI=1S/C16H26N4O/c1-19-13-4-5-14(19)11-20(8-7-13)15(9-17)12-3-6-16(21-2)18-10-12/h3,6,10,13-15H,4-5,7-9,11,17H2,1-2H3. The second-order valence-electron chi connectivity index (χ2n) is 6.22. The van der Waals surface area contributed by atoms with Crippen molar-refractivity contribution in [2.75, 3.05) is 33.8 Å². The highest BCUT2D eigenvalue weighted by molar-refractivity contribution is 5.21. The lowest BCUT2D eigenvalue weighted by Gasteiger charge is -2.32. The first kappa shape index (κ1) is 14.8. The Morgan fingerprint density at radius 3 is 2.81 bits per heavy atom. The average Bonchev–Trinajstić information content (AvgIpc) is 2.76. The van der Waals surface area contributed by atoms with E-state index in [0.717, 1.165) is 19.1 Å². The molecular weight excluding hydrogens is 264 g/mol. The number of fused-ring (bicyclic) bond motifs is 2. The van der Waals surface area contributed by atoms with Crippen LogP contribution in [0.5, 0.6) is 5.88 Å². The normalized spacial score (nSPS) is 28.3. The van der Waals surface area contributed by atoms with Gasteiger partial charge in [0.2, 0.25) is 5.88 Å². The van der Waals surface area contributed by atoms with Gasteiger partial charge in [-0.25, -0.2) is 4.98 Å². The molecule has 3 unspecified atom stereocenters. The largest absolute Gasteiger partial charge is 0.481 e. The third-order valence-corrected chi connectivity index (χ3v) is 5.20. The molecule has 3 atom stereocenters. The van der Waals surface area contributed by atoms with E-state index in [1.165, 1.54) is 24.8 Å². The molecular formula is C16H26N4O. The van der Waals surface area contributed by atoms with Gasteiger partial charge in [0.15, 0.2) is 0 Å². The minimum Gasteiger partial charge on any atom is -0.481 e. The lowest BCUT2D eigenvalue weighted by atomic mass is 10.0. The molecule has 1 aromatic heterocycles. The van der Waals surface area contributed by atoms with Gasteiger partial charge < -0.3 is 10.5 Å². The molecule has 2 fully saturated rings. The van der Waals surface area contributed by atoms with Crippen molar-refractivity contribution in [3.8, 4) is 5.88 Å². The highest BCUT2D eigenvalue weighted by Crippen LogP contribution is 2.32. The van der Waals surface area contributed by atoms with Crippen molar-refractivity contribution < 1.29 is 4.74 Å². The maximum absolute atomic E-state index is 6.08. The van der Waals surface area contributed by atoms with Crippen molar-refractivity contribution in [3.05, 3.63) is 23.9 Å². The molecule has 0 aromatic carbocycles. The van der Waals surface area contributed by atoms with Crippen LogP contribution in [0.4, 0.5) is 0 Å². The lowest BCUT2D eigenvalue weighted by Crippen LogP contribution is -2.40. The summed E-state index contributed by atoms with van der Waals surface area (Å²) < 4.78 is 5.14. The van der Waals surface area contributed by atoms with E-state index in [0.29, 0.717) is 18.5 Å². The summed E-state index contributed by atoms with van der Waals surface area (Å²) in [7, 11) is 3.92. The van der Waals surface area contributed by atoms with E-state index in [-0.39, 0.29) is 6.04 Å². The van der Waals surface area contributed by atoms with Gasteiger partial charge in [-0.05, 0) is 31.9 Å². The average molecular weight is 290 g/mol. The summed E-state index contributed by atoms with van der Waals surface area (Å²) >= 11 is 0. The SMILES string of the molecule is COc1ccc(C(CN)N2CCC3CCC(C2)N3C)cn1. The molecule has 5 heteroatoms. The molecule has 21 heavy (non-hydrogen) atoms. The predicted octanol–water partition coefficient (Wildman–Crippen LogP) is 1.26. The van der Waals surface area contributed by atoms with Gasteiger partial charge in [-0.3, -0.25) is 9.80 Å². The second-order valence-corrected chi connectivity index (χ2v) is 6.22. The molecule has 2 N–H and O–H groups in total. The van der Waals surface area contributed by atoms with Gasteiger partial charge in [0.25, 0.3) is 0 Å². The smallest absolute Gasteiger partial charge is 0.212 e. The van der Waals surface area contributed by atoms with Crippen molar-refractivity contribution >= 4 is 0 Å². The van der Waals surface area contributed by atoms with Gasteiger partial charge in [-0.15, -0.1) is 0 Å². The zero-order chi connectivity index (χ0) is 14.8. The molecule has 1 aromatic rings. The number of nitrogens with two attached hydrogens (primary N) is 1. The van der Waals surface area contributed by atoms with E-state index in [1.54, 1.807) is 7.11 Å². The molecule has 2 bridgehead atoms. The van der Waals surface area contributed by atoms with E-state index in [2.05, 4.69) is 27.9 Å². The van der Waals surface area contributed by atoms with Crippen LogP contribution in [0.3, 0.4) is 0 Å². The molecule has 0 radical (unpaired) electrons. The van der Waals surface area contributed by atoms with Gasteiger partial charge in [-0.1, -0.05) is 6.07 Å². The number of nitrogens with zero attached hydrogens (tertiary/aromatic N) is 3. The quantitative estimate of drug-likeness (QED) is 0.905. The van der Waals surface area contributed by atoms with Crippen molar-refractivity contribution in [1.29, 1.82) is 0 Å². The first-order chi connectivity index (χ1) is 10.2. The molecule has 5 nitrogen and oxygen atoms in total. The lowest BCUT2D eigenvalue weighted by molar-refractivity contribution is 0.174. The second kappa shape index (κ2) is 6.30. The fourth-order valence-electron chi connectivity index (χ4n) is 3.82. The van der Waals surface area contributed by atoms with E-state index < -0.39 is 0 Å². The van der Waals surface area contributed by atoms with Crippen molar-refractivity contribution in [2.24, 2.45) is 5.73 Å². The number of pyridine rings is 1. The molecule has 2 aliphatic heterocycles. The number of aromatic nitrogens is 1. The number of methoxy groups -OCH3 is 1. The summed E-state index contributed by atoms with van der Waals surface area (Å²) in [4.78, 5) is 9.45. The molecule has 0 aliphatic carbocycles. The fourth-order valence-corrected chi connectivity index (χ4v) is 3.82. The first-order valence-corrected chi connectivity index (χ1v) is 7.89. The molecule has 0 spiro atoms. The Labute approximate surface area is 127 Å². The van der Waals surface area contributed by atoms with Crippen LogP contribution < -0.4 is 10.5 Å². The van der Waals surface area contributed by atoms with Gasteiger partial charge in [0, 0.05) is 50.0 Å². The molecule has 116 valence electrons. The van der Waals surface area contributed by atoms with Gasteiger partial charge >= 0.3 is 0 Å². The summed E-state index contributed by atoms with van der Waals surface area (Å²) in [6.07, 6.45) is 5.82. The van der Waals surface area contributed by atoms with Crippen LogP contribution in [0.15, 0.2) is 18.3 Å². The third-order valence-electron chi connectivity index (χ3n) is 5.20. The van der Waals surface area contributed by atoms with Crippen LogP contribution in [-0.2, 0) is 0 Å². The maximum Gasteiger partial charge on any atom is 0.212 e. The van der Waals surface area contributed by atoms with Crippen molar-refractivity contribution in [1.82, 2.24) is 14.8 Å². The Bertz CT molecular complexity index is 464. The zero-order valence-electron chi connectivity index (χ0n) is 13.0. The Morgan fingerprint density at radius 1 is 1.33 bits per heavy atom. The summed E-state index contributed by atoms with van der Waals surface area (Å²) in [6.45, 7) is 2.87. The Kier molecular flexibility index (Phi) is 4.42. The van der Waals surface area contributed by atoms with Crippen molar-refractivity contribution in [2.45, 2.75) is 37.4 Å². The van der Waals surface area contributed by atoms with Crippen LogP contribution in [0.1, 0.15) is 30.9 Å². The monoisotopic (exact) mass is 290 g/mol. The first-order valence-electron chi connectivity index (χ1n) is 7.89. The highest BCUT2D eigenvalue weighted by Gasteiger charge is 2.36. The van der Waals surface area contributed by atoms with E-state index in [1.807, 2.05) is 12.3 Å². The summed E-state index contributed by atoms with van der Waals surface area (Å²) in [5, 5.41) is 0. The topological polar surface area (TPSA) is 54.6 Å². The number of rotatable bonds is 4. The van der Waals surface area contributed by atoms with E-state index in [4.69, 9.17) is 10.5 Å². The fraction of sp³-hybridized carbons (Fsp3) is 0.688. The molecule has 3 rings (SSSR count). The highest BCUT2D eigenvalue weighted by atomic mass is 16.5.